The number of H-pyrrole nitrogens is 1. The van der Waals surface area contributed by atoms with Crippen molar-refractivity contribution >= 4 is 40.6 Å². The summed E-state index contributed by atoms with van der Waals surface area (Å²) in [6, 6.07) is 4.47. The van der Waals surface area contributed by atoms with E-state index in [1.165, 1.54) is 12.1 Å². The minimum absolute atomic E-state index is 0.0744. The zero-order chi connectivity index (χ0) is 22.1. The molecule has 0 spiro atoms. The van der Waals surface area contributed by atoms with Crippen molar-refractivity contribution < 1.29 is 9.47 Å². The molecule has 3 heterocycles. The number of nitrogens with one attached hydrogen (secondary N) is 1. The van der Waals surface area contributed by atoms with E-state index >= 15 is 0 Å². The first kappa shape index (κ1) is 21.6. The van der Waals surface area contributed by atoms with E-state index in [-0.39, 0.29) is 39.1 Å². The summed E-state index contributed by atoms with van der Waals surface area (Å²) in [5.74, 6) is 0.0541. The van der Waals surface area contributed by atoms with Crippen LogP contribution in [0.3, 0.4) is 0 Å². The average molecular weight is 486 g/mol. The van der Waals surface area contributed by atoms with Crippen LogP contribution in [0.5, 0.6) is 11.6 Å². The van der Waals surface area contributed by atoms with Crippen LogP contribution >= 0.6 is 34.8 Å². The Kier molecular flexibility index (Phi) is 6.15. The van der Waals surface area contributed by atoms with Crippen molar-refractivity contribution in [1.82, 2.24) is 25.0 Å². The second-order valence-electron chi connectivity index (χ2n) is 6.71. The van der Waals surface area contributed by atoms with Gasteiger partial charge in [-0.1, -0.05) is 34.8 Å². The number of halogens is 3. The van der Waals surface area contributed by atoms with Crippen LogP contribution in [0.4, 0.5) is 5.82 Å². The molecule has 1 saturated heterocycles. The Morgan fingerprint density at radius 3 is 2.45 bits per heavy atom. The molecule has 10 nitrogen and oxygen atoms in total. The van der Waals surface area contributed by atoms with Gasteiger partial charge in [0.05, 0.1) is 15.7 Å². The van der Waals surface area contributed by atoms with Crippen molar-refractivity contribution in [1.29, 1.82) is 0 Å². The number of aromatic nitrogens is 5. The number of aromatic amines is 1. The minimum Gasteiger partial charge on any atom is -0.434 e. The lowest BCUT2D eigenvalue weighted by atomic mass is 9.93. The second-order valence-corrected chi connectivity index (χ2v) is 7.88. The molecular formula is C18H15Cl3N6O4. The normalized spacial score (nSPS) is 14.5. The lowest BCUT2D eigenvalue weighted by Gasteiger charge is -2.23. The fraction of sp³-hybridized carbons (Fsp3) is 0.278. The number of ether oxygens (including phenoxy) is 2. The van der Waals surface area contributed by atoms with E-state index in [2.05, 4.69) is 15.3 Å². The fourth-order valence-corrected chi connectivity index (χ4v) is 3.97. The van der Waals surface area contributed by atoms with Gasteiger partial charge >= 0.3 is 5.69 Å². The maximum atomic E-state index is 12.0. The van der Waals surface area contributed by atoms with Gasteiger partial charge in [-0.15, -0.1) is 15.3 Å². The first-order valence-electron chi connectivity index (χ1n) is 9.10. The molecule has 1 aliphatic rings. The highest BCUT2D eigenvalue weighted by atomic mass is 35.5. The van der Waals surface area contributed by atoms with Crippen LogP contribution in [0.25, 0.3) is 5.69 Å². The topological polar surface area (TPSA) is 138 Å². The lowest BCUT2D eigenvalue weighted by Crippen LogP contribution is -2.33. The Balaban J connectivity index is 1.67. The third-order valence-corrected chi connectivity index (χ3v) is 5.56. The highest BCUT2D eigenvalue weighted by molar-refractivity contribution is 6.37. The molecule has 2 aromatic heterocycles. The highest BCUT2D eigenvalue weighted by Crippen LogP contribution is 2.39. The Labute approximate surface area is 189 Å². The number of benzene rings is 1. The molecule has 4 rings (SSSR count). The van der Waals surface area contributed by atoms with E-state index in [4.69, 9.17) is 50.0 Å². The summed E-state index contributed by atoms with van der Waals surface area (Å²) >= 11 is 18.9. The van der Waals surface area contributed by atoms with Gasteiger partial charge in [0.25, 0.3) is 5.56 Å². The number of nitrogens with zero attached hydrogens (tertiary/aromatic N) is 4. The summed E-state index contributed by atoms with van der Waals surface area (Å²) in [7, 11) is 0. The molecule has 0 amide bonds. The van der Waals surface area contributed by atoms with E-state index in [0.717, 1.165) is 23.1 Å². The lowest BCUT2D eigenvalue weighted by molar-refractivity contribution is 0.0852. The molecule has 3 aromatic rings. The zero-order valence-electron chi connectivity index (χ0n) is 15.8. The SMILES string of the molecule is Nc1nn(-c2cc(Cl)c(Oc3cc(C4CCOCC4)c(Cl)nn3)c(Cl)c2)c(=O)[nH]c1=O. The van der Waals surface area contributed by atoms with Crippen LogP contribution in [-0.4, -0.2) is 38.2 Å². The van der Waals surface area contributed by atoms with Gasteiger partial charge in [-0.05, 0) is 30.9 Å². The van der Waals surface area contributed by atoms with E-state index < -0.39 is 11.2 Å². The van der Waals surface area contributed by atoms with Gasteiger partial charge in [0.15, 0.2) is 10.9 Å². The molecule has 3 N–H and O–H groups in total. The minimum atomic E-state index is -0.801. The molecular weight excluding hydrogens is 471 g/mol. The summed E-state index contributed by atoms with van der Waals surface area (Å²) in [5.41, 5.74) is 4.88. The molecule has 0 bridgehead atoms. The van der Waals surface area contributed by atoms with Gasteiger partial charge < -0.3 is 15.2 Å². The third kappa shape index (κ3) is 4.52. The molecule has 31 heavy (non-hydrogen) atoms. The standard InChI is InChI=1S/C18H15Cl3N6O4/c19-11-5-9(27-18(29)23-17(28)16(22)26-27)6-12(20)14(11)31-13-7-10(15(21)25-24-13)8-1-3-30-4-2-8/h5-8H,1-4H2,(H2,22,26)(H,23,28,29). The van der Waals surface area contributed by atoms with Crippen LogP contribution in [0.2, 0.25) is 15.2 Å². The molecule has 0 aliphatic carbocycles. The smallest absolute Gasteiger partial charge is 0.349 e. The second kappa shape index (κ2) is 8.83. The molecule has 162 valence electrons. The molecule has 0 saturated carbocycles. The molecule has 13 heteroatoms. The molecule has 1 fully saturated rings. The van der Waals surface area contributed by atoms with E-state index in [0.29, 0.717) is 18.4 Å². The molecule has 0 radical (unpaired) electrons. The van der Waals surface area contributed by atoms with Crippen LogP contribution in [-0.2, 0) is 4.74 Å². The Bertz CT molecular complexity index is 1230. The molecule has 1 aliphatic heterocycles. The number of nitrogen functional groups attached to an aromatic ring is 1. The fourth-order valence-electron chi connectivity index (χ4n) is 3.18. The summed E-state index contributed by atoms with van der Waals surface area (Å²) in [6.07, 6.45) is 1.62. The number of rotatable bonds is 4. The summed E-state index contributed by atoms with van der Waals surface area (Å²) < 4.78 is 12.0. The maximum absolute atomic E-state index is 12.0. The van der Waals surface area contributed by atoms with E-state index in [1.54, 1.807) is 6.07 Å². The van der Waals surface area contributed by atoms with Gasteiger partial charge in [-0.2, -0.15) is 4.68 Å². The van der Waals surface area contributed by atoms with E-state index in [1.807, 2.05) is 4.98 Å². The Morgan fingerprint density at radius 1 is 1.10 bits per heavy atom. The average Bonchev–Trinajstić information content (AvgIpc) is 2.75. The highest BCUT2D eigenvalue weighted by Gasteiger charge is 2.22. The first-order valence-corrected chi connectivity index (χ1v) is 10.2. The van der Waals surface area contributed by atoms with Gasteiger partial charge in [-0.25, -0.2) is 4.79 Å². The van der Waals surface area contributed by atoms with Gasteiger partial charge in [0.1, 0.15) is 0 Å². The number of hydrogen-bond donors (Lipinski definition) is 2. The third-order valence-electron chi connectivity index (χ3n) is 4.70. The van der Waals surface area contributed by atoms with Crippen molar-refractivity contribution in [3.05, 3.63) is 59.8 Å². The molecule has 0 atom stereocenters. The predicted octanol–water partition coefficient (Wildman–Crippen LogP) is 2.94. The number of nitrogens with two attached hydrogens (primary N) is 1. The first-order chi connectivity index (χ1) is 14.8. The Morgan fingerprint density at radius 2 is 1.77 bits per heavy atom. The van der Waals surface area contributed by atoms with Crippen molar-refractivity contribution in [2.75, 3.05) is 18.9 Å². The summed E-state index contributed by atoms with van der Waals surface area (Å²) in [5, 5.41) is 12.1. The van der Waals surface area contributed by atoms with Crippen molar-refractivity contribution in [3.8, 4) is 17.3 Å². The van der Waals surface area contributed by atoms with Gasteiger partial charge in [0.2, 0.25) is 11.7 Å². The summed E-state index contributed by atoms with van der Waals surface area (Å²) in [6.45, 7) is 1.28. The van der Waals surface area contributed by atoms with Crippen LogP contribution < -0.4 is 21.7 Å². The number of hydrogen-bond acceptors (Lipinski definition) is 8. The van der Waals surface area contributed by atoms with Crippen molar-refractivity contribution in [2.24, 2.45) is 0 Å². The largest absolute Gasteiger partial charge is 0.434 e. The van der Waals surface area contributed by atoms with Crippen LogP contribution in [0.15, 0.2) is 27.8 Å². The van der Waals surface area contributed by atoms with Crippen LogP contribution in [0, 0.1) is 0 Å². The van der Waals surface area contributed by atoms with Crippen LogP contribution in [0.1, 0.15) is 24.3 Å². The number of anilines is 1. The summed E-state index contributed by atoms with van der Waals surface area (Å²) in [4.78, 5) is 25.5. The van der Waals surface area contributed by atoms with Crippen molar-refractivity contribution in [2.45, 2.75) is 18.8 Å². The van der Waals surface area contributed by atoms with Crippen molar-refractivity contribution in [3.63, 3.8) is 0 Å². The monoisotopic (exact) mass is 484 g/mol. The quantitative estimate of drug-likeness (QED) is 0.575. The molecule has 1 aromatic carbocycles. The Hall–Kier alpha value is -2.66. The van der Waals surface area contributed by atoms with E-state index in [9.17, 15) is 9.59 Å². The van der Waals surface area contributed by atoms with Gasteiger partial charge in [-0.3, -0.25) is 9.78 Å². The zero-order valence-corrected chi connectivity index (χ0v) is 18.0. The predicted molar refractivity (Wildman–Crippen MR) is 115 cm³/mol. The molecule has 0 unspecified atom stereocenters. The maximum Gasteiger partial charge on any atom is 0.349 e. The van der Waals surface area contributed by atoms with Gasteiger partial charge in [0, 0.05) is 24.8 Å².